The topological polar surface area (TPSA) is 176 Å². The van der Waals surface area contributed by atoms with Crippen LogP contribution in [0.25, 0.3) is 0 Å². The Hall–Kier alpha value is -5.39. The molecule has 6 aliphatic rings. The zero-order chi connectivity index (χ0) is 48.2. The lowest BCUT2D eigenvalue weighted by Gasteiger charge is -2.48. The quantitative estimate of drug-likeness (QED) is 0.0703. The average molecular weight is 970 g/mol. The number of likely N-dealkylation sites (tertiary alicyclic amines) is 2. The zero-order valence-corrected chi connectivity index (χ0v) is 41.2. The van der Waals surface area contributed by atoms with Crippen LogP contribution in [-0.4, -0.2) is 119 Å². The largest absolute Gasteiger partial charge is 0.489 e. The molecule has 1 unspecified atom stereocenters. The number of benzene rings is 3. The summed E-state index contributed by atoms with van der Waals surface area (Å²) >= 11 is 1.54. The number of piperidine rings is 2. The molecule has 15 nitrogen and oxygen atoms in total. The number of carbonyl (C=O) groups is 4. The minimum absolute atomic E-state index is 0.0585. The van der Waals surface area contributed by atoms with Crippen LogP contribution in [0.1, 0.15) is 105 Å². The number of ether oxygens (including phenoxy) is 2. The van der Waals surface area contributed by atoms with Crippen LogP contribution in [-0.2, 0) is 38.8 Å². The molecule has 5 fully saturated rings. The highest BCUT2D eigenvalue weighted by molar-refractivity contribution is 7.99. The van der Waals surface area contributed by atoms with Crippen molar-refractivity contribution in [2.24, 2.45) is 16.6 Å². The van der Waals surface area contributed by atoms with Crippen LogP contribution < -0.4 is 26.0 Å². The second-order valence-corrected chi connectivity index (χ2v) is 21.9. The van der Waals surface area contributed by atoms with Crippen LogP contribution in [0.3, 0.4) is 0 Å². The number of amides is 4. The van der Waals surface area contributed by atoms with Gasteiger partial charge in [0.2, 0.25) is 17.7 Å². The van der Waals surface area contributed by atoms with E-state index in [0.29, 0.717) is 36.2 Å². The molecule has 0 bridgehead atoms. The first-order valence-electron chi connectivity index (χ1n) is 25.4. The molecule has 1 aromatic heterocycles. The first-order chi connectivity index (χ1) is 34.0. The summed E-state index contributed by atoms with van der Waals surface area (Å²) in [5.41, 5.74) is 11.5. The van der Waals surface area contributed by atoms with E-state index in [2.05, 4.69) is 56.5 Å². The number of unbranched alkanes of at least 4 members (excludes halogenated alkanes) is 4. The summed E-state index contributed by atoms with van der Waals surface area (Å²) in [7, 11) is 0. The predicted molar refractivity (Wildman–Crippen MR) is 268 cm³/mol. The van der Waals surface area contributed by atoms with Gasteiger partial charge in [0, 0.05) is 90.7 Å². The van der Waals surface area contributed by atoms with Crippen molar-refractivity contribution in [3.05, 3.63) is 101 Å². The van der Waals surface area contributed by atoms with E-state index in [-0.39, 0.29) is 48.2 Å². The van der Waals surface area contributed by atoms with Crippen molar-refractivity contribution in [1.29, 1.82) is 0 Å². The van der Waals surface area contributed by atoms with Crippen molar-refractivity contribution in [2.75, 3.05) is 62.6 Å². The van der Waals surface area contributed by atoms with Crippen molar-refractivity contribution in [3.8, 4) is 5.75 Å². The lowest BCUT2D eigenvalue weighted by atomic mass is 9.73. The summed E-state index contributed by atoms with van der Waals surface area (Å²) < 4.78 is 12.1. The normalized spacial score (nSPS) is 22.9. The fourth-order valence-electron chi connectivity index (χ4n) is 11.6. The van der Waals surface area contributed by atoms with Gasteiger partial charge in [-0.15, -0.1) is 0 Å². The highest BCUT2D eigenvalue weighted by Gasteiger charge is 2.48. The summed E-state index contributed by atoms with van der Waals surface area (Å²) in [6.07, 6.45) is 13.7. The van der Waals surface area contributed by atoms with Gasteiger partial charge in [0.1, 0.15) is 29.2 Å². The summed E-state index contributed by atoms with van der Waals surface area (Å²) in [4.78, 5) is 69.7. The maximum atomic E-state index is 13.2. The van der Waals surface area contributed by atoms with E-state index in [1.807, 2.05) is 48.8 Å². The number of aromatic nitrogens is 2. The van der Waals surface area contributed by atoms with Gasteiger partial charge in [-0.2, -0.15) is 0 Å². The first-order valence-corrected chi connectivity index (χ1v) is 26.3. The Morgan fingerprint density at radius 2 is 1.67 bits per heavy atom. The van der Waals surface area contributed by atoms with E-state index in [0.717, 1.165) is 111 Å². The lowest BCUT2D eigenvalue weighted by Crippen LogP contribution is -2.57. The van der Waals surface area contributed by atoms with Crippen LogP contribution in [0.15, 0.2) is 89.0 Å². The smallest absolute Gasteiger partial charge is 0.255 e. The van der Waals surface area contributed by atoms with Gasteiger partial charge >= 0.3 is 0 Å². The molecule has 10 rings (SSSR count). The Morgan fingerprint density at radius 1 is 0.900 bits per heavy atom. The number of nitrogens with zero attached hydrogens (tertiary/aromatic N) is 6. The van der Waals surface area contributed by atoms with Crippen LogP contribution in [0, 0.1) is 10.8 Å². The Kier molecular flexibility index (Phi) is 14.6. The summed E-state index contributed by atoms with van der Waals surface area (Å²) in [6, 6.07) is 21.5. The Morgan fingerprint density at radius 3 is 2.44 bits per heavy atom. The van der Waals surface area contributed by atoms with Crippen molar-refractivity contribution in [3.63, 3.8) is 0 Å². The summed E-state index contributed by atoms with van der Waals surface area (Å²) in [6.45, 7) is 12.0. The van der Waals surface area contributed by atoms with Crippen molar-refractivity contribution in [1.82, 2.24) is 30.0 Å². The van der Waals surface area contributed by atoms with E-state index in [1.165, 1.54) is 37.9 Å². The molecule has 16 heteroatoms. The Balaban J connectivity index is 0.573. The number of fused-ring (bicyclic) bond motifs is 1. The Labute approximate surface area is 415 Å². The van der Waals surface area contributed by atoms with E-state index >= 15 is 0 Å². The molecule has 0 saturated carbocycles. The second-order valence-electron chi connectivity index (χ2n) is 20.8. The molecule has 3 aromatic carbocycles. The molecule has 7 heterocycles. The maximum Gasteiger partial charge on any atom is 0.255 e. The first kappa shape index (κ1) is 48.2. The van der Waals surface area contributed by atoms with Gasteiger partial charge in [0.25, 0.3) is 5.91 Å². The fourth-order valence-corrected chi connectivity index (χ4v) is 12.4. The van der Waals surface area contributed by atoms with E-state index < -0.39 is 11.9 Å². The number of rotatable bonds is 18. The number of imide groups is 1. The molecular formula is C54H67N9O6S. The predicted octanol–water partition coefficient (Wildman–Crippen LogP) is 6.79. The van der Waals surface area contributed by atoms with Crippen LogP contribution in [0.4, 0.5) is 11.5 Å². The van der Waals surface area contributed by atoms with Gasteiger partial charge in [0.05, 0.1) is 31.6 Å². The number of nitrogens with one attached hydrogen (secondary N) is 2. The molecule has 0 aliphatic carbocycles. The van der Waals surface area contributed by atoms with Crippen molar-refractivity contribution in [2.45, 2.75) is 125 Å². The standard InChI is InChI=1S/C54H67N9O6S/c1-37-50(55)54(36-69-37)21-25-62(26-22-54)46-28-57-49(29-56-46)70-41-10-7-9-40(27-41)58-47(64)13-5-3-2-4-6-23-61-34-53(35-61)20-24-60(33-53)30-38-14-16-39(17-15-38)32-68-45-12-8-11-42-43(45)31-63(52(42)67)44-18-19-48(65)59-51(44)66/h7-12,14-17,27-29,37,44,50H,2-6,13,18-26,30-36,55H2,1H3,(H,58,64)(H,59,65,66)/t37-,44?,50+/m0/s1. The molecule has 70 heavy (non-hydrogen) atoms. The molecule has 3 atom stereocenters. The van der Waals surface area contributed by atoms with E-state index in [4.69, 9.17) is 25.2 Å². The molecule has 370 valence electrons. The third kappa shape index (κ3) is 10.9. The highest BCUT2D eigenvalue weighted by atomic mass is 32.2. The molecular weight excluding hydrogens is 903 g/mol. The molecule has 0 radical (unpaired) electrons. The van der Waals surface area contributed by atoms with E-state index in [9.17, 15) is 19.2 Å². The van der Waals surface area contributed by atoms with Gasteiger partial charge in [-0.05, 0) is 100.0 Å². The summed E-state index contributed by atoms with van der Waals surface area (Å²) in [5, 5.41) is 6.28. The third-order valence-corrected chi connectivity index (χ3v) is 16.7. The second kappa shape index (κ2) is 21.1. The Bertz CT molecular complexity index is 2530. The lowest BCUT2D eigenvalue weighted by molar-refractivity contribution is -0.137. The minimum atomic E-state index is -0.652. The molecule has 5 saturated heterocycles. The fraction of sp³-hybridized carbons (Fsp3) is 0.519. The van der Waals surface area contributed by atoms with Gasteiger partial charge in [-0.3, -0.25) is 29.4 Å². The average Bonchev–Trinajstić information content (AvgIpc) is 4.01. The monoisotopic (exact) mass is 969 g/mol. The molecule has 6 aliphatic heterocycles. The molecule has 4 amide bonds. The zero-order valence-electron chi connectivity index (χ0n) is 40.4. The third-order valence-electron chi connectivity index (χ3n) is 15.8. The van der Waals surface area contributed by atoms with Crippen LogP contribution in [0.5, 0.6) is 5.75 Å². The summed E-state index contributed by atoms with van der Waals surface area (Å²) in [5.74, 6) is 0.683. The minimum Gasteiger partial charge on any atom is -0.489 e. The van der Waals surface area contributed by atoms with Gasteiger partial charge in [-0.1, -0.05) is 67.4 Å². The van der Waals surface area contributed by atoms with Gasteiger partial charge in [-0.25, -0.2) is 9.97 Å². The SMILES string of the molecule is C[C@@H]1OCC2(CCN(c3cnc(Sc4cccc(NC(=O)CCCCCCCN5CC6(CCN(Cc7ccc(COc8cccc9c8CN(C8CCC(=O)NC8=O)C9=O)cc7)C6)C5)c4)cn3)CC2)[C@@H]1N. The molecule has 4 N–H and O–H groups in total. The maximum absolute atomic E-state index is 13.2. The van der Waals surface area contributed by atoms with Gasteiger partial charge < -0.3 is 35.2 Å². The van der Waals surface area contributed by atoms with Gasteiger partial charge in [0.15, 0.2) is 0 Å². The number of anilines is 2. The molecule has 2 spiro atoms. The van der Waals surface area contributed by atoms with Crippen LogP contribution in [0.2, 0.25) is 0 Å². The molecule has 4 aromatic rings. The van der Waals surface area contributed by atoms with Crippen molar-refractivity contribution >= 4 is 46.9 Å². The number of hydrogen-bond acceptors (Lipinski definition) is 13. The van der Waals surface area contributed by atoms with E-state index in [1.54, 1.807) is 22.7 Å². The number of hydrogen-bond donors (Lipinski definition) is 3. The number of nitrogens with two attached hydrogens (primary N) is 1. The van der Waals surface area contributed by atoms with Crippen LogP contribution >= 0.6 is 11.8 Å². The highest BCUT2D eigenvalue weighted by Crippen LogP contribution is 2.43. The van der Waals surface area contributed by atoms with Crippen molar-refractivity contribution < 1.29 is 28.7 Å². The number of carbonyl (C=O) groups excluding carboxylic acids is 4.